The van der Waals surface area contributed by atoms with Crippen molar-refractivity contribution in [1.82, 2.24) is 9.55 Å². The van der Waals surface area contributed by atoms with Gasteiger partial charge in [0.2, 0.25) is 0 Å². The van der Waals surface area contributed by atoms with Crippen molar-refractivity contribution < 1.29 is 14.3 Å². The number of imidazole rings is 1. The zero-order valence-corrected chi connectivity index (χ0v) is 17.3. The molecule has 6 rings (SSSR count). The SMILES string of the molecule is C[C@]12CC[C@@H]3[C@H]4CC[C@]5(O)C(F)C5[C@@H]4CC[C@H]3[C@@H]1CC[C@@H]2C(=O)Cn1ccnc1. The highest BCUT2D eigenvalue weighted by Crippen LogP contribution is 2.69. The lowest BCUT2D eigenvalue weighted by Gasteiger charge is -2.55. The maximum Gasteiger partial charge on any atom is 0.156 e. The summed E-state index contributed by atoms with van der Waals surface area (Å²) in [6.45, 7) is 2.84. The number of rotatable bonds is 3. The number of carbonyl (C=O) groups is 1. The molecular formula is C24H33FN2O2. The van der Waals surface area contributed by atoms with Crippen molar-refractivity contribution >= 4 is 5.78 Å². The van der Waals surface area contributed by atoms with E-state index in [1.807, 2.05) is 10.8 Å². The minimum atomic E-state index is -0.977. The van der Waals surface area contributed by atoms with Crippen LogP contribution < -0.4 is 0 Å². The summed E-state index contributed by atoms with van der Waals surface area (Å²) in [6, 6.07) is 0. The van der Waals surface area contributed by atoms with Gasteiger partial charge in [0, 0.05) is 24.2 Å². The van der Waals surface area contributed by atoms with Gasteiger partial charge in [0.1, 0.15) is 11.8 Å². The van der Waals surface area contributed by atoms with Crippen molar-refractivity contribution in [3.8, 4) is 0 Å². The Morgan fingerprint density at radius 2 is 1.86 bits per heavy atom. The molecule has 1 aromatic heterocycles. The van der Waals surface area contributed by atoms with Crippen LogP contribution in [0.1, 0.15) is 58.3 Å². The normalized spacial score (nSPS) is 52.8. The number of hydrogen-bond donors (Lipinski definition) is 1. The van der Waals surface area contributed by atoms with Gasteiger partial charge in [-0.3, -0.25) is 4.79 Å². The van der Waals surface area contributed by atoms with Crippen LogP contribution in [-0.2, 0) is 11.3 Å². The third-order valence-electron chi connectivity index (χ3n) is 10.3. The smallest absolute Gasteiger partial charge is 0.156 e. The quantitative estimate of drug-likeness (QED) is 0.833. The molecule has 5 aliphatic rings. The molecule has 4 nitrogen and oxygen atoms in total. The Hall–Kier alpha value is -1.23. The summed E-state index contributed by atoms with van der Waals surface area (Å²) >= 11 is 0. The fraction of sp³-hybridized carbons (Fsp3) is 0.833. The molecule has 5 heteroatoms. The van der Waals surface area contributed by atoms with Gasteiger partial charge in [0.25, 0.3) is 0 Å². The summed E-state index contributed by atoms with van der Waals surface area (Å²) in [4.78, 5) is 17.2. The van der Waals surface area contributed by atoms with E-state index in [2.05, 4.69) is 11.9 Å². The average Bonchev–Trinajstić information content (AvgIpc) is 3.08. The third kappa shape index (κ3) is 2.46. The standard InChI is InChI=1S/C24H33FN2O2/c1-23-8-6-14-15-7-9-24(29)21(22(24)25)17(15)3-2-16(14)18(23)4-5-19(23)20(28)12-27-11-10-26-13-27/h10-11,13-19,21-22,29H,2-9,12H2,1H3/t14-,15-,16-,17-,18+,19-,21?,22?,23+,24-/m1/s1. The Morgan fingerprint density at radius 1 is 1.10 bits per heavy atom. The van der Waals surface area contributed by atoms with Crippen molar-refractivity contribution in [2.24, 2.45) is 46.8 Å². The molecular weight excluding hydrogens is 367 g/mol. The molecule has 0 spiro atoms. The van der Waals surface area contributed by atoms with Gasteiger partial charge in [-0.25, -0.2) is 9.37 Å². The van der Waals surface area contributed by atoms with E-state index in [1.165, 1.54) is 19.3 Å². The molecule has 10 atom stereocenters. The number of alkyl halides is 1. The zero-order chi connectivity index (χ0) is 20.0. The van der Waals surface area contributed by atoms with Gasteiger partial charge in [-0.15, -0.1) is 0 Å². The Bertz CT molecular complexity index is 812. The van der Waals surface area contributed by atoms with E-state index < -0.39 is 11.8 Å². The molecule has 1 heterocycles. The van der Waals surface area contributed by atoms with Crippen LogP contribution in [0, 0.1) is 46.8 Å². The van der Waals surface area contributed by atoms with E-state index in [-0.39, 0.29) is 17.3 Å². The van der Waals surface area contributed by atoms with Crippen molar-refractivity contribution in [2.75, 3.05) is 0 Å². The van der Waals surface area contributed by atoms with Crippen LogP contribution in [0.25, 0.3) is 0 Å². The fourth-order valence-corrected chi connectivity index (χ4v) is 8.95. The lowest BCUT2D eigenvalue weighted by atomic mass is 9.49. The highest BCUT2D eigenvalue weighted by atomic mass is 19.1. The Morgan fingerprint density at radius 3 is 2.66 bits per heavy atom. The van der Waals surface area contributed by atoms with E-state index in [0.29, 0.717) is 48.3 Å². The molecule has 158 valence electrons. The van der Waals surface area contributed by atoms with Gasteiger partial charge in [0.15, 0.2) is 5.78 Å². The van der Waals surface area contributed by atoms with Gasteiger partial charge in [-0.05, 0) is 86.4 Å². The minimum absolute atomic E-state index is 0.0800. The number of aromatic nitrogens is 2. The molecule has 2 unspecified atom stereocenters. The Balaban J connectivity index is 1.21. The molecule has 5 saturated carbocycles. The van der Waals surface area contributed by atoms with E-state index in [9.17, 15) is 14.3 Å². The summed E-state index contributed by atoms with van der Waals surface area (Å²) in [7, 11) is 0. The number of ketones is 1. The zero-order valence-electron chi connectivity index (χ0n) is 17.3. The van der Waals surface area contributed by atoms with Gasteiger partial charge >= 0.3 is 0 Å². The number of Topliss-reactive ketones (excluding diaryl/α,β-unsaturated/α-hetero) is 1. The number of halogens is 1. The largest absolute Gasteiger partial charge is 0.386 e. The van der Waals surface area contributed by atoms with Gasteiger partial charge in [0.05, 0.1) is 12.9 Å². The van der Waals surface area contributed by atoms with Gasteiger partial charge < -0.3 is 9.67 Å². The summed E-state index contributed by atoms with van der Waals surface area (Å²) in [5.41, 5.74) is -0.849. The van der Waals surface area contributed by atoms with Crippen LogP contribution in [0.15, 0.2) is 18.7 Å². The van der Waals surface area contributed by atoms with Crippen molar-refractivity contribution in [1.29, 1.82) is 0 Å². The van der Waals surface area contributed by atoms with Crippen LogP contribution >= 0.6 is 0 Å². The first kappa shape index (κ1) is 18.5. The second-order valence-corrected chi connectivity index (χ2v) is 11.2. The number of aliphatic hydroxyl groups is 1. The molecule has 5 aliphatic carbocycles. The van der Waals surface area contributed by atoms with Crippen LogP contribution in [0.2, 0.25) is 0 Å². The van der Waals surface area contributed by atoms with Crippen LogP contribution in [-0.4, -0.2) is 32.2 Å². The predicted octanol–water partition coefficient (Wildman–Crippen LogP) is 4.03. The second kappa shape index (κ2) is 6.15. The first-order chi connectivity index (χ1) is 13.9. The van der Waals surface area contributed by atoms with Crippen LogP contribution in [0.4, 0.5) is 4.39 Å². The van der Waals surface area contributed by atoms with Crippen molar-refractivity contribution in [3.63, 3.8) is 0 Å². The number of carbonyl (C=O) groups excluding carboxylic acids is 1. The number of hydrogen-bond acceptors (Lipinski definition) is 3. The van der Waals surface area contributed by atoms with Crippen LogP contribution in [0.3, 0.4) is 0 Å². The molecule has 0 radical (unpaired) electrons. The number of nitrogens with zero attached hydrogens (tertiary/aromatic N) is 2. The molecule has 0 aromatic carbocycles. The molecule has 5 fully saturated rings. The molecule has 0 saturated heterocycles. The molecule has 0 aliphatic heterocycles. The summed E-state index contributed by atoms with van der Waals surface area (Å²) < 4.78 is 16.2. The first-order valence-corrected chi connectivity index (χ1v) is 11.8. The number of fused-ring (bicyclic) bond motifs is 7. The predicted molar refractivity (Wildman–Crippen MR) is 107 cm³/mol. The van der Waals surface area contributed by atoms with E-state index in [4.69, 9.17) is 0 Å². The van der Waals surface area contributed by atoms with Gasteiger partial charge in [-0.1, -0.05) is 6.92 Å². The molecule has 1 N–H and O–H groups in total. The van der Waals surface area contributed by atoms with Gasteiger partial charge in [-0.2, -0.15) is 0 Å². The second-order valence-electron chi connectivity index (χ2n) is 11.2. The summed E-state index contributed by atoms with van der Waals surface area (Å²) in [5, 5.41) is 10.5. The molecule has 0 amide bonds. The van der Waals surface area contributed by atoms with Crippen molar-refractivity contribution in [3.05, 3.63) is 18.7 Å². The maximum absolute atomic E-state index is 14.3. The summed E-state index contributed by atoms with van der Waals surface area (Å²) in [6.07, 6.45) is 12.8. The Kier molecular flexibility index (Phi) is 3.93. The molecule has 29 heavy (non-hydrogen) atoms. The maximum atomic E-state index is 14.3. The van der Waals surface area contributed by atoms with E-state index in [1.54, 1.807) is 12.5 Å². The van der Waals surface area contributed by atoms with Crippen molar-refractivity contribution in [2.45, 2.75) is 76.6 Å². The minimum Gasteiger partial charge on any atom is -0.386 e. The highest BCUT2D eigenvalue weighted by Gasteiger charge is 2.72. The Labute approximate surface area is 172 Å². The lowest BCUT2D eigenvalue weighted by Crippen LogP contribution is -2.50. The summed E-state index contributed by atoms with van der Waals surface area (Å²) in [5.74, 6) is 3.49. The molecule has 1 aromatic rings. The van der Waals surface area contributed by atoms with Crippen LogP contribution in [0.5, 0.6) is 0 Å². The van der Waals surface area contributed by atoms with E-state index >= 15 is 0 Å². The first-order valence-electron chi connectivity index (χ1n) is 11.8. The molecule has 0 bridgehead atoms. The highest BCUT2D eigenvalue weighted by molar-refractivity contribution is 5.82. The van der Waals surface area contributed by atoms with E-state index in [0.717, 1.165) is 25.7 Å². The monoisotopic (exact) mass is 400 g/mol. The third-order valence-corrected chi connectivity index (χ3v) is 10.3. The lowest BCUT2D eigenvalue weighted by molar-refractivity contribution is -0.131. The average molecular weight is 401 g/mol. The fourth-order valence-electron chi connectivity index (χ4n) is 8.95. The topological polar surface area (TPSA) is 55.1 Å².